The Morgan fingerprint density at radius 1 is 1.40 bits per heavy atom. The van der Waals surface area contributed by atoms with Crippen LogP contribution in [0.4, 0.5) is 0 Å². The number of carboxylic acid groups (broad SMARTS) is 1. The van der Waals surface area contributed by atoms with Crippen molar-refractivity contribution in [2.75, 3.05) is 0 Å². The fourth-order valence-electron chi connectivity index (χ4n) is 2.58. The fraction of sp³-hybridized carbons (Fsp3) is 0.500. The first-order valence-electron chi connectivity index (χ1n) is 6.89. The molecule has 0 aromatic heterocycles. The van der Waals surface area contributed by atoms with Crippen molar-refractivity contribution in [3.05, 3.63) is 35.4 Å². The minimum absolute atomic E-state index is 0.00260. The molecule has 0 bridgehead atoms. The van der Waals surface area contributed by atoms with Crippen LogP contribution in [0, 0.1) is 18.3 Å². The molecule has 108 valence electrons. The molecule has 1 aliphatic rings. The summed E-state index contributed by atoms with van der Waals surface area (Å²) in [5.74, 6) is -0.944. The zero-order valence-electron chi connectivity index (χ0n) is 12.1. The number of hydrogen-bond acceptors (Lipinski definition) is 2. The second-order valence-corrected chi connectivity index (χ2v) is 6.26. The Morgan fingerprint density at radius 3 is 2.50 bits per heavy atom. The average Bonchev–Trinajstić information content (AvgIpc) is 2.98. The van der Waals surface area contributed by atoms with E-state index in [1.54, 1.807) is 0 Å². The summed E-state index contributed by atoms with van der Waals surface area (Å²) in [6.45, 7) is 6.03. The smallest absolute Gasteiger partial charge is 0.305 e. The highest BCUT2D eigenvalue weighted by molar-refractivity contribution is 5.83. The number of nitrogens with one attached hydrogen (secondary N) is 1. The summed E-state index contributed by atoms with van der Waals surface area (Å²) in [4.78, 5) is 23.2. The SMILES string of the molecule is Cc1ccccc1C(CC(=O)O)NC(=O)[C@H]1CC1(C)C. The lowest BCUT2D eigenvalue weighted by molar-refractivity contribution is -0.137. The van der Waals surface area contributed by atoms with Crippen LogP contribution in [0.25, 0.3) is 0 Å². The molecular weight excluding hydrogens is 254 g/mol. The molecule has 4 heteroatoms. The normalized spacial score (nSPS) is 21.1. The number of hydrogen-bond donors (Lipinski definition) is 2. The van der Waals surface area contributed by atoms with E-state index in [0.717, 1.165) is 17.5 Å². The number of benzene rings is 1. The molecule has 1 saturated carbocycles. The van der Waals surface area contributed by atoms with Gasteiger partial charge in [0.2, 0.25) is 5.91 Å². The van der Waals surface area contributed by atoms with E-state index < -0.39 is 12.0 Å². The number of amides is 1. The molecule has 0 radical (unpaired) electrons. The molecule has 1 amide bonds. The molecule has 2 rings (SSSR count). The highest BCUT2D eigenvalue weighted by atomic mass is 16.4. The van der Waals surface area contributed by atoms with Crippen LogP contribution in [0.3, 0.4) is 0 Å². The Labute approximate surface area is 119 Å². The number of aryl methyl sites for hydroxylation is 1. The summed E-state index contributed by atoms with van der Waals surface area (Å²) in [6.07, 6.45) is 0.774. The van der Waals surface area contributed by atoms with Crippen molar-refractivity contribution in [1.82, 2.24) is 5.32 Å². The maximum atomic E-state index is 12.2. The minimum Gasteiger partial charge on any atom is -0.481 e. The molecule has 0 saturated heterocycles. The first-order valence-corrected chi connectivity index (χ1v) is 6.89. The van der Waals surface area contributed by atoms with Gasteiger partial charge in [-0.3, -0.25) is 9.59 Å². The van der Waals surface area contributed by atoms with Gasteiger partial charge in [0.05, 0.1) is 12.5 Å². The molecule has 1 aromatic rings. The molecule has 1 fully saturated rings. The van der Waals surface area contributed by atoms with Gasteiger partial charge in [0.1, 0.15) is 0 Å². The molecule has 1 aliphatic carbocycles. The number of rotatable bonds is 5. The van der Waals surface area contributed by atoms with Crippen LogP contribution in [0.5, 0.6) is 0 Å². The van der Waals surface area contributed by atoms with Gasteiger partial charge in [0, 0.05) is 5.92 Å². The van der Waals surface area contributed by atoms with Crippen molar-refractivity contribution in [1.29, 1.82) is 0 Å². The second-order valence-electron chi connectivity index (χ2n) is 6.26. The summed E-state index contributed by atoms with van der Waals surface area (Å²) in [7, 11) is 0. The third kappa shape index (κ3) is 3.18. The van der Waals surface area contributed by atoms with Gasteiger partial charge < -0.3 is 10.4 Å². The predicted molar refractivity (Wildman–Crippen MR) is 76.2 cm³/mol. The molecule has 0 aliphatic heterocycles. The van der Waals surface area contributed by atoms with Gasteiger partial charge in [-0.15, -0.1) is 0 Å². The molecule has 0 heterocycles. The lowest BCUT2D eigenvalue weighted by atomic mass is 9.98. The van der Waals surface area contributed by atoms with Crippen molar-refractivity contribution < 1.29 is 14.7 Å². The van der Waals surface area contributed by atoms with Crippen LogP contribution in [0.15, 0.2) is 24.3 Å². The van der Waals surface area contributed by atoms with Crippen LogP contribution in [-0.2, 0) is 9.59 Å². The number of aliphatic carboxylic acids is 1. The third-order valence-electron chi connectivity index (χ3n) is 4.09. The zero-order chi connectivity index (χ0) is 14.9. The van der Waals surface area contributed by atoms with Gasteiger partial charge in [-0.2, -0.15) is 0 Å². The highest BCUT2D eigenvalue weighted by Crippen LogP contribution is 2.51. The Kier molecular flexibility index (Phi) is 3.84. The second kappa shape index (κ2) is 5.27. The Bertz CT molecular complexity index is 536. The van der Waals surface area contributed by atoms with Crippen LogP contribution >= 0.6 is 0 Å². The van der Waals surface area contributed by atoms with Gasteiger partial charge in [-0.05, 0) is 29.9 Å². The van der Waals surface area contributed by atoms with Crippen LogP contribution in [0.1, 0.15) is 43.9 Å². The van der Waals surface area contributed by atoms with E-state index in [4.69, 9.17) is 5.11 Å². The van der Waals surface area contributed by atoms with Crippen molar-refractivity contribution in [2.45, 2.75) is 39.7 Å². The molecule has 4 nitrogen and oxygen atoms in total. The molecule has 0 spiro atoms. The summed E-state index contributed by atoms with van der Waals surface area (Å²) < 4.78 is 0. The maximum Gasteiger partial charge on any atom is 0.305 e. The summed E-state index contributed by atoms with van der Waals surface area (Å²) in [5.41, 5.74) is 1.92. The topological polar surface area (TPSA) is 66.4 Å². The molecule has 1 aromatic carbocycles. The molecule has 20 heavy (non-hydrogen) atoms. The predicted octanol–water partition coefficient (Wildman–Crippen LogP) is 2.67. The van der Waals surface area contributed by atoms with E-state index >= 15 is 0 Å². The first-order chi connectivity index (χ1) is 9.31. The van der Waals surface area contributed by atoms with Gasteiger partial charge >= 0.3 is 5.97 Å². The van der Waals surface area contributed by atoms with E-state index in [1.165, 1.54) is 0 Å². The number of carbonyl (C=O) groups is 2. The van der Waals surface area contributed by atoms with Crippen LogP contribution in [0.2, 0.25) is 0 Å². The summed E-state index contributed by atoms with van der Waals surface area (Å²) in [5, 5.41) is 12.0. The van der Waals surface area contributed by atoms with Crippen molar-refractivity contribution in [2.24, 2.45) is 11.3 Å². The molecular formula is C16H21NO3. The third-order valence-corrected chi connectivity index (χ3v) is 4.09. The van der Waals surface area contributed by atoms with Crippen molar-refractivity contribution in [3.8, 4) is 0 Å². The van der Waals surface area contributed by atoms with Gasteiger partial charge in [0.25, 0.3) is 0 Å². The average molecular weight is 275 g/mol. The van der Waals surface area contributed by atoms with Crippen LogP contribution < -0.4 is 5.32 Å². The van der Waals surface area contributed by atoms with Gasteiger partial charge in [-0.1, -0.05) is 38.1 Å². The monoisotopic (exact) mass is 275 g/mol. The number of carbonyl (C=O) groups excluding carboxylic acids is 1. The van der Waals surface area contributed by atoms with Crippen molar-refractivity contribution >= 4 is 11.9 Å². The largest absolute Gasteiger partial charge is 0.481 e. The van der Waals surface area contributed by atoms with E-state index in [-0.39, 0.29) is 23.7 Å². The van der Waals surface area contributed by atoms with E-state index in [9.17, 15) is 9.59 Å². The maximum absolute atomic E-state index is 12.2. The van der Waals surface area contributed by atoms with Crippen molar-refractivity contribution in [3.63, 3.8) is 0 Å². The molecule has 2 atom stereocenters. The minimum atomic E-state index is -0.909. The Hall–Kier alpha value is -1.84. The zero-order valence-corrected chi connectivity index (χ0v) is 12.1. The summed E-state index contributed by atoms with van der Waals surface area (Å²) >= 11 is 0. The van der Waals surface area contributed by atoms with E-state index in [0.29, 0.717) is 0 Å². The standard InChI is InChI=1S/C16H21NO3/c1-10-6-4-5-7-11(10)13(8-14(18)19)17-15(20)12-9-16(12,2)3/h4-7,12-13H,8-9H2,1-3H3,(H,17,20)(H,18,19)/t12-,13?/m1/s1. The quantitative estimate of drug-likeness (QED) is 0.868. The Balaban J connectivity index is 2.14. The Morgan fingerprint density at radius 2 is 2.00 bits per heavy atom. The van der Waals surface area contributed by atoms with E-state index in [1.807, 2.05) is 31.2 Å². The van der Waals surface area contributed by atoms with Gasteiger partial charge in [0.15, 0.2) is 0 Å². The van der Waals surface area contributed by atoms with Gasteiger partial charge in [-0.25, -0.2) is 0 Å². The lowest BCUT2D eigenvalue weighted by Gasteiger charge is -2.20. The van der Waals surface area contributed by atoms with E-state index in [2.05, 4.69) is 19.2 Å². The fourth-order valence-corrected chi connectivity index (χ4v) is 2.58. The molecule has 1 unspecified atom stereocenters. The lowest BCUT2D eigenvalue weighted by Crippen LogP contribution is -2.32. The molecule has 2 N–H and O–H groups in total. The first kappa shape index (κ1) is 14.6. The van der Waals surface area contributed by atoms with Crippen LogP contribution in [-0.4, -0.2) is 17.0 Å². The summed E-state index contributed by atoms with van der Waals surface area (Å²) in [6, 6.07) is 7.11. The highest BCUT2D eigenvalue weighted by Gasteiger charge is 2.50. The number of carboxylic acids is 1.